The zero-order valence-electron chi connectivity index (χ0n) is 30.2. The molecule has 0 radical (unpaired) electrons. The number of carbonyl (C=O) groups excluding carboxylic acids is 2. The molecular weight excluding hydrogens is 584 g/mol. The molecule has 1 saturated heterocycles. The molecule has 0 saturated carbocycles. The SMILES string of the molecule is CCCCC(C)(C)C(=O)NCC1OC(C)(C)N(C(=O)OC(C)(C)C)C1C[C@@H](C(C)C)C(O)c1ccc2cnn(CCCOC)c2c1. The number of nitrogens with one attached hydrogen (secondary N) is 1. The fraction of sp³-hybridized carbons (Fsp3) is 0.750. The minimum Gasteiger partial charge on any atom is -0.444 e. The van der Waals surface area contributed by atoms with Gasteiger partial charge in [-0.15, -0.1) is 0 Å². The fourth-order valence-electron chi connectivity index (χ4n) is 6.44. The van der Waals surface area contributed by atoms with Crippen LogP contribution in [0.4, 0.5) is 4.79 Å². The Morgan fingerprint density at radius 1 is 1.15 bits per heavy atom. The number of carbonyl (C=O) groups is 2. The molecule has 2 amide bonds. The molecule has 46 heavy (non-hydrogen) atoms. The molecule has 1 aromatic heterocycles. The highest BCUT2D eigenvalue weighted by molar-refractivity contribution is 5.82. The minimum atomic E-state index is -0.986. The first-order valence-electron chi connectivity index (χ1n) is 17.0. The molecule has 2 N–H and O–H groups in total. The zero-order chi connectivity index (χ0) is 34.4. The van der Waals surface area contributed by atoms with Crippen LogP contribution in [0.3, 0.4) is 0 Å². The number of ether oxygens (including phenoxy) is 3. The third-order valence-corrected chi connectivity index (χ3v) is 9.11. The number of unbranched alkanes of at least 4 members (excludes halogenated alkanes) is 1. The van der Waals surface area contributed by atoms with Crippen molar-refractivity contribution in [2.75, 3.05) is 20.3 Å². The molecule has 0 bridgehead atoms. The number of aliphatic hydroxyl groups is 1. The van der Waals surface area contributed by atoms with Crippen LogP contribution in [0.5, 0.6) is 0 Å². The summed E-state index contributed by atoms with van der Waals surface area (Å²) in [5.74, 6) is -0.189. The Morgan fingerprint density at radius 3 is 2.46 bits per heavy atom. The number of methoxy groups -OCH3 is 1. The van der Waals surface area contributed by atoms with Gasteiger partial charge in [-0.25, -0.2) is 4.79 Å². The quantitative estimate of drug-likeness (QED) is 0.204. The summed E-state index contributed by atoms with van der Waals surface area (Å²) in [7, 11) is 1.69. The summed E-state index contributed by atoms with van der Waals surface area (Å²) in [4.78, 5) is 28.7. The fourth-order valence-corrected chi connectivity index (χ4v) is 6.44. The van der Waals surface area contributed by atoms with Crippen LogP contribution in [-0.2, 0) is 25.5 Å². The van der Waals surface area contributed by atoms with Crippen molar-refractivity contribution in [2.24, 2.45) is 17.3 Å². The molecule has 260 valence electrons. The molecule has 1 aromatic carbocycles. The number of hydrogen-bond donors (Lipinski definition) is 2. The highest BCUT2D eigenvalue weighted by atomic mass is 16.6. The lowest BCUT2D eigenvalue weighted by molar-refractivity contribution is -0.131. The predicted molar refractivity (Wildman–Crippen MR) is 181 cm³/mol. The van der Waals surface area contributed by atoms with Crippen molar-refractivity contribution in [1.82, 2.24) is 20.0 Å². The summed E-state index contributed by atoms with van der Waals surface area (Å²) in [6.07, 6.45) is 4.13. The summed E-state index contributed by atoms with van der Waals surface area (Å²) in [6.45, 7) is 21.1. The maximum Gasteiger partial charge on any atom is 0.412 e. The van der Waals surface area contributed by atoms with Crippen LogP contribution in [0, 0.1) is 17.3 Å². The van der Waals surface area contributed by atoms with Crippen molar-refractivity contribution in [3.05, 3.63) is 30.0 Å². The van der Waals surface area contributed by atoms with Crippen molar-refractivity contribution in [3.63, 3.8) is 0 Å². The largest absolute Gasteiger partial charge is 0.444 e. The van der Waals surface area contributed by atoms with Gasteiger partial charge < -0.3 is 24.6 Å². The second kappa shape index (κ2) is 15.5. The highest BCUT2D eigenvalue weighted by Gasteiger charge is 2.52. The van der Waals surface area contributed by atoms with Gasteiger partial charge in [-0.1, -0.05) is 59.6 Å². The summed E-state index contributed by atoms with van der Waals surface area (Å²) in [5.41, 5.74) is -0.450. The van der Waals surface area contributed by atoms with Crippen molar-refractivity contribution < 1.29 is 28.9 Å². The summed E-state index contributed by atoms with van der Waals surface area (Å²) >= 11 is 0. The van der Waals surface area contributed by atoms with E-state index in [0.717, 1.165) is 42.1 Å². The lowest BCUT2D eigenvalue weighted by atomic mass is 9.80. The molecule has 2 heterocycles. The van der Waals surface area contributed by atoms with E-state index in [1.54, 1.807) is 12.0 Å². The van der Waals surface area contributed by atoms with Gasteiger partial charge in [0.05, 0.1) is 30.0 Å². The number of nitrogens with zero attached hydrogens (tertiary/aromatic N) is 3. The van der Waals surface area contributed by atoms with Crippen molar-refractivity contribution in [2.45, 2.75) is 137 Å². The maximum absolute atomic E-state index is 13.8. The van der Waals surface area contributed by atoms with Crippen LogP contribution in [0.15, 0.2) is 24.4 Å². The van der Waals surface area contributed by atoms with E-state index in [1.165, 1.54) is 0 Å². The van der Waals surface area contributed by atoms with Gasteiger partial charge in [0.1, 0.15) is 11.3 Å². The third kappa shape index (κ3) is 9.44. The van der Waals surface area contributed by atoms with Gasteiger partial charge in [0.25, 0.3) is 0 Å². The van der Waals surface area contributed by atoms with Gasteiger partial charge in [0.15, 0.2) is 0 Å². The van der Waals surface area contributed by atoms with E-state index in [0.29, 0.717) is 19.6 Å². The normalized spacial score (nSPS) is 19.9. The molecule has 3 rings (SSSR count). The standard InChI is InChI=1S/C36H60N4O6/c1-12-13-17-35(7,8)32(42)37-23-30-29(40(36(9,10)45-30)33(43)46-34(4,5)6)21-27(24(2)3)31(41)25-15-16-26-22-38-39(28(26)20-25)18-14-19-44-11/h15-16,20,22,24,27,29-31,41H,12-14,17-19,21,23H2,1-11H3,(H,37,42)/t27-,29?,30?,31?/m0/s1. The second-order valence-electron chi connectivity index (χ2n) is 15.3. The molecule has 0 aliphatic carbocycles. The number of hydrogen-bond acceptors (Lipinski definition) is 7. The van der Waals surface area contributed by atoms with E-state index in [-0.39, 0.29) is 24.3 Å². The predicted octanol–water partition coefficient (Wildman–Crippen LogP) is 6.84. The second-order valence-corrected chi connectivity index (χ2v) is 15.3. The monoisotopic (exact) mass is 644 g/mol. The topological polar surface area (TPSA) is 115 Å². The highest BCUT2D eigenvalue weighted by Crippen LogP contribution is 2.41. The number of aryl methyl sites for hydroxylation is 1. The molecule has 10 heteroatoms. The number of fused-ring (bicyclic) bond motifs is 1. The molecule has 1 aliphatic rings. The molecule has 10 nitrogen and oxygen atoms in total. The van der Waals surface area contributed by atoms with Gasteiger partial charge in [0.2, 0.25) is 5.91 Å². The number of amides is 2. The summed E-state index contributed by atoms with van der Waals surface area (Å²) in [5, 5.41) is 20.6. The lowest BCUT2D eigenvalue weighted by Gasteiger charge is -2.38. The number of aromatic nitrogens is 2. The van der Waals surface area contributed by atoms with Crippen LogP contribution in [-0.4, -0.2) is 75.5 Å². The van der Waals surface area contributed by atoms with Gasteiger partial charge in [0, 0.05) is 37.6 Å². The Bertz CT molecular complexity index is 1300. The van der Waals surface area contributed by atoms with E-state index in [1.807, 2.05) is 77.5 Å². The van der Waals surface area contributed by atoms with Gasteiger partial charge in [-0.05, 0) is 77.3 Å². The van der Waals surface area contributed by atoms with Gasteiger partial charge in [-0.3, -0.25) is 14.4 Å². The molecule has 3 unspecified atom stereocenters. The number of rotatable bonds is 15. The Morgan fingerprint density at radius 2 is 1.85 bits per heavy atom. The Hall–Kier alpha value is -2.69. The van der Waals surface area contributed by atoms with E-state index < -0.39 is 41.1 Å². The third-order valence-electron chi connectivity index (χ3n) is 9.11. The average molecular weight is 645 g/mol. The van der Waals surface area contributed by atoms with Crippen molar-refractivity contribution >= 4 is 22.9 Å². The summed E-state index contributed by atoms with van der Waals surface area (Å²) < 4.78 is 19.6. The first-order valence-corrected chi connectivity index (χ1v) is 17.0. The van der Waals surface area contributed by atoms with Crippen LogP contribution >= 0.6 is 0 Å². The molecule has 0 spiro atoms. The van der Waals surface area contributed by atoms with Crippen molar-refractivity contribution in [1.29, 1.82) is 0 Å². The Balaban J connectivity index is 1.94. The number of benzene rings is 1. The molecule has 1 aliphatic heterocycles. The van der Waals surface area contributed by atoms with Crippen LogP contribution in [0.1, 0.15) is 113 Å². The Kier molecular flexibility index (Phi) is 12.7. The minimum absolute atomic E-state index is 0.0346. The molecular formula is C36H60N4O6. The van der Waals surface area contributed by atoms with Gasteiger partial charge >= 0.3 is 6.09 Å². The van der Waals surface area contributed by atoms with E-state index in [2.05, 4.69) is 31.2 Å². The van der Waals surface area contributed by atoms with Crippen LogP contribution in [0.25, 0.3) is 10.9 Å². The lowest BCUT2D eigenvalue weighted by Crippen LogP contribution is -2.52. The van der Waals surface area contributed by atoms with Crippen molar-refractivity contribution in [3.8, 4) is 0 Å². The van der Waals surface area contributed by atoms with E-state index in [4.69, 9.17) is 14.2 Å². The smallest absolute Gasteiger partial charge is 0.412 e. The number of aliphatic hydroxyl groups excluding tert-OH is 1. The summed E-state index contributed by atoms with van der Waals surface area (Å²) in [6, 6.07) is 5.53. The average Bonchev–Trinajstić information content (AvgIpc) is 3.48. The van der Waals surface area contributed by atoms with Gasteiger partial charge in [-0.2, -0.15) is 5.10 Å². The first kappa shape index (κ1) is 37.8. The molecule has 2 aromatic rings. The van der Waals surface area contributed by atoms with E-state index >= 15 is 0 Å². The van der Waals surface area contributed by atoms with Crippen LogP contribution < -0.4 is 5.32 Å². The first-order chi connectivity index (χ1) is 21.4. The Labute approximate surface area is 276 Å². The zero-order valence-corrected chi connectivity index (χ0v) is 30.2. The van der Waals surface area contributed by atoms with Crippen LogP contribution in [0.2, 0.25) is 0 Å². The maximum atomic E-state index is 13.8. The molecule has 1 fully saturated rings. The van der Waals surface area contributed by atoms with E-state index in [9.17, 15) is 14.7 Å². The molecule has 4 atom stereocenters.